The van der Waals surface area contributed by atoms with Crippen LogP contribution in [0.15, 0.2) is 23.1 Å². The Labute approximate surface area is 108 Å². The van der Waals surface area contributed by atoms with Crippen molar-refractivity contribution in [2.75, 3.05) is 6.26 Å². The van der Waals surface area contributed by atoms with Crippen molar-refractivity contribution in [1.29, 1.82) is 0 Å². The summed E-state index contributed by atoms with van der Waals surface area (Å²) in [7, 11) is -3.46. The number of sulfone groups is 1. The fraction of sp³-hybridized carbons (Fsp3) is 0.100. The summed E-state index contributed by atoms with van der Waals surface area (Å²) < 4.78 is 22.7. The number of halogens is 2. The van der Waals surface area contributed by atoms with Gasteiger partial charge in [0.05, 0.1) is 9.92 Å². The van der Waals surface area contributed by atoms with Crippen LogP contribution in [0.4, 0.5) is 0 Å². The summed E-state index contributed by atoms with van der Waals surface area (Å²) in [6.07, 6.45) is 3.14. The Kier molecular flexibility index (Phi) is 4.19. The Bertz CT molecular complexity index is 591. The molecule has 0 aromatic heterocycles. The maximum absolute atomic E-state index is 11.3. The number of carbonyl (C=O) groups is 1. The molecule has 0 bridgehead atoms. The maximum Gasteiger partial charge on any atom is 0.328 e. The van der Waals surface area contributed by atoms with Gasteiger partial charge in [-0.3, -0.25) is 0 Å². The van der Waals surface area contributed by atoms with Gasteiger partial charge in [-0.15, -0.1) is 0 Å². The average molecular weight is 295 g/mol. The molecule has 0 radical (unpaired) electrons. The molecule has 7 heteroatoms. The summed E-state index contributed by atoms with van der Waals surface area (Å²) >= 11 is 11.6. The highest BCUT2D eigenvalue weighted by Crippen LogP contribution is 2.29. The smallest absolute Gasteiger partial charge is 0.328 e. The predicted molar refractivity (Wildman–Crippen MR) is 66.2 cm³/mol. The van der Waals surface area contributed by atoms with E-state index in [4.69, 9.17) is 28.3 Å². The van der Waals surface area contributed by atoms with Crippen LogP contribution < -0.4 is 0 Å². The highest BCUT2D eigenvalue weighted by Gasteiger charge is 2.14. The lowest BCUT2D eigenvalue weighted by Gasteiger charge is -2.05. The second-order valence-electron chi connectivity index (χ2n) is 3.25. The number of hydrogen-bond donors (Lipinski definition) is 1. The molecule has 92 valence electrons. The van der Waals surface area contributed by atoms with Crippen LogP contribution in [-0.2, 0) is 14.6 Å². The van der Waals surface area contributed by atoms with Crippen LogP contribution in [0, 0.1) is 0 Å². The van der Waals surface area contributed by atoms with Crippen LogP contribution in [0.5, 0.6) is 0 Å². The molecule has 4 nitrogen and oxygen atoms in total. The number of hydrogen-bond acceptors (Lipinski definition) is 3. The van der Waals surface area contributed by atoms with E-state index in [1.54, 1.807) is 0 Å². The van der Waals surface area contributed by atoms with E-state index < -0.39 is 15.8 Å². The van der Waals surface area contributed by atoms with Crippen LogP contribution in [-0.4, -0.2) is 25.7 Å². The van der Waals surface area contributed by atoms with Gasteiger partial charge in [0.2, 0.25) is 0 Å². The Morgan fingerprint density at radius 1 is 1.29 bits per heavy atom. The Balaban J connectivity index is 3.33. The van der Waals surface area contributed by atoms with Gasteiger partial charge in [0.1, 0.15) is 0 Å². The maximum atomic E-state index is 11.3. The summed E-state index contributed by atoms with van der Waals surface area (Å²) in [4.78, 5) is 10.2. The number of rotatable bonds is 3. The highest BCUT2D eigenvalue weighted by atomic mass is 35.5. The molecule has 0 spiro atoms. The normalized spacial score (nSPS) is 11.9. The van der Waals surface area contributed by atoms with Gasteiger partial charge in [-0.25, -0.2) is 13.2 Å². The fourth-order valence-corrected chi connectivity index (χ4v) is 2.75. The summed E-state index contributed by atoms with van der Waals surface area (Å²) in [5.41, 5.74) is 0.339. The van der Waals surface area contributed by atoms with Gasteiger partial charge in [-0.2, -0.15) is 0 Å². The number of benzene rings is 1. The molecule has 1 aromatic rings. The van der Waals surface area contributed by atoms with E-state index in [-0.39, 0.29) is 14.9 Å². The molecule has 0 amide bonds. The first-order chi connectivity index (χ1) is 7.71. The molecule has 0 aliphatic rings. The largest absolute Gasteiger partial charge is 0.478 e. The van der Waals surface area contributed by atoms with Gasteiger partial charge < -0.3 is 5.11 Å². The summed E-state index contributed by atoms with van der Waals surface area (Å²) in [6, 6.07) is 2.50. The lowest BCUT2D eigenvalue weighted by molar-refractivity contribution is -0.131. The van der Waals surface area contributed by atoms with E-state index in [0.29, 0.717) is 5.56 Å². The first-order valence-corrected chi connectivity index (χ1v) is 6.96. The molecule has 1 aromatic carbocycles. The molecular formula is C10H8Cl2O4S. The Morgan fingerprint density at radius 2 is 1.88 bits per heavy atom. The van der Waals surface area contributed by atoms with Crippen molar-refractivity contribution >= 4 is 45.1 Å². The van der Waals surface area contributed by atoms with Crippen LogP contribution in [0.2, 0.25) is 10.0 Å². The van der Waals surface area contributed by atoms with E-state index in [1.807, 2.05) is 0 Å². The minimum Gasteiger partial charge on any atom is -0.478 e. The number of aliphatic carboxylic acids is 1. The molecule has 0 saturated heterocycles. The monoisotopic (exact) mass is 294 g/mol. The van der Waals surface area contributed by atoms with Crippen molar-refractivity contribution in [2.24, 2.45) is 0 Å². The SMILES string of the molecule is CS(=O)(=O)c1cc(Cl)c(C=CC(=O)O)cc1Cl. The Morgan fingerprint density at radius 3 is 2.35 bits per heavy atom. The first kappa shape index (κ1) is 14.0. The number of carboxylic acids is 1. The second kappa shape index (κ2) is 5.08. The van der Waals surface area contributed by atoms with E-state index in [0.717, 1.165) is 12.3 Å². The van der Waals surface area contributed by atoms with Crippen LogP contribution in [0.3, 0.4) is 0 Å². The van der Waals surface area contributed by atoms with Crippen molar-refractivity contribution in [3.8, 4) is 0 Å². The van der Waals surface area contributed by atoms with Crippen molar-refractivity contribution in [3.05, 3.63) is 33.8 Å². The average Bonchev–Trinajstić information content (AvgIpc) is 2.17. The van der Waals surface area contributed by atoms with Crippen molar-refractivity contribution < 1.29 is 18.3 Å². The van der Waals surface area contributed by atoms with Gasteiger partial charge in [-0.05, 0) is 23.8 Å². The van der Waals surface area contributed by atoms with Gasteiger partial charge in [0.15, 0.2) is 9.84 Å². The number of carboxylic acid groups (broad SMARTS) is 1. The standard InChI is InChI=1S/C10H8Cl2O4S/c1-17(15,16)9-5-7(11)6(4-8(9)12)2-3-10(13)14/h2-5H,1H3,(H,13,14). The van der Waals surface area contributed by atoms with Gasteiger partial charge in [0, 0.05) is 17.4 Å². The van der Waals surface area contributed by atoms with Crippen LogP contribution in [0.1, 0.15) is 5.56 Å². The van der Waals surface area contributed by atoms with Crippen molar-refractivity contribution in [1.82, 2.24) is 0 Å². The summed E-state index contributed by atoms with van der Waals surface area (Å²) in [6.45, 7) is 0. The lowest BCUT2D eigenvalue weighted by Crippen LogP contribution is -1.98. The molecule has 0 heterocycles. The van der Waals surface area contributed by atoms with E-state index in [1.165, 1.54) is 18.2 Å². The molecule has 0 atom stereocenters. The summed E-state index contributed by atoms with van der Waals surface area (Å²) in [5, 5.41) is 8.58. The first-order valence-electron chi connectivity index (χ1n) is 4.32. The van der Waals surface area contributed by atoms with E-state index in [9.17, 15) is 13.2 Å². The third-order valence-electron chi connectivity index (χ3n) is 1.86. The molecule has 1 N–H and O–H groups in total. The third-order valence-corrected chi connectivity index (χ3v) is 3.74. The van der Waals surface area contributed by atoms with Crippen LogP contribution >= 0.6 is 23.2 Å². The third kappa shape index (κ3) is 3.73. The molecule has 17 heavy (non-hydrogen) atoms. The molecule has 0 saturated carbocycles. The van der Waals surface area contributed by atoms with Gasteiger partial charge in [-0.1, -0.05) is 23.2 Å². The lowest BCUT2D eigenvalue weighted by atomic mass is 10.2. The zero-order valence-corrected chi connectivity index (χ0v) is 11.0. The van der Waals surface area contributed by atoms with Crippen molar-refractivity contribution in [3.63, 3.8) is 0 Å². The fourth-order valence-electron chi connectivity index (χ4n) is 1.12. The van der Waals surface area contributed by atoms with Gasteiger partial charge in [0.25, 0.3) is 0 Å². The predicted octanol–water partition coefficient (Wildman–Crippen LogP) is 2.49. The highest BCUT2D eigenvalue weighted by molar-refractivity contribution is 7.90. The van der Waals surface area contributed by atoms with Gasteiger partial charge >= 0.3 is 5.97 Å². The van der Waals surface area contributed by atoms with Crippen molar-refractivity contribution in [2.45, 2.75) is 4.90 Å². The summed E-state index contributed by atoms with van der Waals surface area (Å²) in [5.74, 6) is -1.13. The molecule has 0 fully saturated rings. The Hall–Kier alpha value is -1.04. The van der Waals surface area contributed by atoms with E-state index >= 15 is 0 Å². The minimum atomic E-state index is -3.46. The topological polar surface area (TPSA) is 71.4 Å². The molecule has 0 aliphatic heterocycles. The molecular weight excluding hydrogens is 287 g/mol. The molecule has 1 rings (SSSR count). The molecule has 0 unspecified atom stereocenters. The minimum absolute atomic E-state index is 0.00180. The quantitative estimate of drug-likeness (QED) is 0.870. The van der Waals surface area contributed by atoms with Crippen LogP contribution in [0.25, 0.3) is 6.08 Å². The molecule has 0 aliphatic carbocycles. The zero-order chi connectivity index (χ0) is 13.2. The van der Waals surface area contributed by atoms with E-state index in [2.05, 4.69) is 0 Å². The zero-order valence-electron chi connectivity index (χ0n) is 8.65. The second-order valence-corrected chi connectivity index (χ2v) is 6.05.